The summed E-state index contributed by atoms with van der Waals surface area (Å²) in [4.78, 5) is 30.8. The first-order chi connectivity index (χ1) is 17.4. The first-order valence-electron chi connectivity index (χ1n) is 13.0. The van der Waals surface area contributed by atoms with Crippen LogP contribution < -0.4 is 5.32 Å². The molecule has 2 amide bonds. The Hall–Kier alpha value is -3.38. The molecule has 6 nitrogen and oxygen atoms in total. The van der Waals surface area contributed by atoms with E-state index in [0.29, 0.717) is 17.5 Å². The van der Waals surface area contributed by atoms with Gasteiger partial charge in [0.2, 0.25) is 0 Å². The van der Waals surface area contributed by atoms with Gasteiger partial charge in [-0.1, -0.05) is 48.5 Å². The van der Waals surface area contributed by atoms with Gasteiger partial charge in [-0.15, -0.1) is 0 Å². The molecule has 0 aliphatic carbocycles. The van der Waals surface area contributed by atoms with E-state index in [0.717, 1.165) is 61.4 Å². The van der Waals surface area contributed by atoms with Gasteiger partial charge in [0.15, 0.2) is 0 Å². The summed E-state index contributed by atoms with van der Waals surface area (Å²) in [5, 5.41) is 3.26. The maximum absolute atomic E-state index is 13.3. The highest BCUT2D eigenvalue weighted by molar-refractivity contribution is 5.97. The smallest absolute Gasteiger partial charge is 0.268 e. The number of aromatic nitrogens is 1. The monoisotopic (exact) mass is 484 g/mol. The van der Waals surface area contributed by atoms with E-state index in [9.17, 15) is 9.59 Å². The minimum Gasteiger partial charge on any atom is -0.347 e. The topological polar surface area (TPSA) is 57.6 Å². The van der Waals surface area contributed by atoms with Gasteiger partial charge < -0.3 is 19.7 Å². The van der Waals surface area contributed by atoms with Crippen molar-refractivity contribution in [3.63, 3.8) is 0 Å². The van der Waals surface area contributed by atoms with Gasteiger partial charge in [-0.05, 0) is 60.9 Å². The Morgan fingerprint density at radius 2 is 1.56 bits per heavy atom. The Balaban J connectivity index is 1.19. The van der Waals surface area contributed by atoms with E-state index in [1.165, 1.54) is 0 Å². The Morgan fingerprint density at radius 3 is 2.17 bits per heavy atom. The number of carbonyl (C=O) groups excluding carboxylic acids is 2. The zero-order valence-corrected chi connectivity index (χ0v) is 21.5. The van der Waals surface area contributed by atoms with Crippen molar-refractivity contribution in [2.75, 3.05) is 32.7 Å². The zero-order chi connectivity index (χ0) is 25.2. The molecular formula is C30H36N4O2. The SMILES string of the molecule is Cc1cccc(C)c1C(=O)N1CC2CN(CC[C@H](NC(=O)c3cccn3C)c3ccccc3)CC2C1. The van der Waals surface area contributed by atoms with Gasteiger partial charge in [0.1, 0.15) is 5.69 Å². The average Bonchev–Trinajstić information content (AvgIpc) is 3.57. The summed E-state index contributed by atoms with van der Waals surface area (Å²) in [6, 6.07) is 20.0. The molecule has 0 radical (unpaired) electrons. The lowest BCUT2D eigenvalue weighted by Gasteiger charge is -2.25. The second-order valence-corrected chi connectivity index (χ2v) is 10.5. The van der Waals surface area contributed by atoms with Crippen molar-refractivity contribution in [3.05, 3.63) is 94.8 Å². The summed E-state index contributed by atoms with van der Waals surface area (Å²) in [6.45, 7) is 8.66. The molecule has 6 heteroatoms. The number of likely N-dealkylation sites (tertiary alicyclic amines) is 2. The van der Waals surface area contributed by atoms with Crippen LogP contribution in [-0.2, 0) is 7.05 Å². The lowest BCUT2D eigenvalue weighted by atomic mass is 10.0. The zero-order valence-electron chi connectivity index (χ0n) is 21.5. The highest BCUT2D eigenvalue weighted by Gasteiger charge is 2.42. The predicted molar refractivity (Wildman–Crippen MR) is 142 cm³/mol. The van der Waals surface area contributed by atoms with Gasteiger partial charge in [0.25, 0.3) is 11.8 Å². The minimum atomic E-state index is -0.0460. The molecule has 188 valence electrons. The minimum absolute atomic E-state index is 0.0452. The van der Waals surface area contributed by atoms with Crippen LogP contribution in [0, 0.1) is 25.7 Å². The average molecular weight is 485 g/mol. The number of hydrogen-bond acceptors (Lipinski definition) is 3. The molecule has 2 unspecified atom stereocenters. The van der Waals surface area contributed by atoms with E-state index in [4.69, 9.17) is 0 Å². The van der Waals surface area contributed by atoms with Crippen molar-refractivity contribution >= 4 is 11.8 Å². The van der Waals surface area contributed by atoms with Crippen LogP contribution in [0.25, 0.3) is 0 Å². The number of hydrogen-bond donors (Lipinski definition) is 1. The number of fused-ring (bicyclic) bond motifs is 1. The molecule has 0 spiro atoms. The van der Waals surface area contributed by atoms with Gasteiger partial charge in [0, 0.05) is 51.5 Å². The van der Waals surface area contributed by atoms with Gasteiger partial charge in [-0.3, -0.25) is 9.59 Å². The third kappa shape index (κ3) is 4.96. The molecule has 1 N–H and O–H groups in total. The highest BCUT2D eigenvalue weighted by Crippen LogP contribution is 2.33. The molecule has 2 aliphatic rings. The maximum atomic E-state index is 13.3. The normalized spacial score (nSPS) is 20.4. The number of rotatable bonds is 7. The maximum Gasteiger partial charge on any atom is 0.268 e. The van der Waals surface area contributed by atoms with Gasteiger partial charge in [0.05, 0.1) is 6.04 Å². The van der Waals surface area contributed by atoms with Gasteiger partial charge in [-0.25, -0.2) is 0 Å². The second kappa shape index (κ2) is 10.3. The van der Waals surface area contributed by atoms with E-state index in [1.54, 1.807) is 0 Å². The molecule has 1 aromatic heterocycles. The summed E-state index contributed by atoms with van der Waals surface area (Å²) in [5.74, 6) is 1.17. The number of nitrogens with one attached hydrogen (secondary N) is 1. The van der Waals surface area contributed by atoms with E-state index in [-0.39, 0.29) is 17.9 Å². The highest BCUT2D eigenvalue weighted by atomic mass is 16.2. The summed E-state index contributed by atoms with van der Waals surface area (Å²) >= 11 is 0. The van der Waals surface area contributed by atoms with Crippen LogP contribution in [0.3, 0.4) is 0 Å². The summed E-state index contributed by atoms with van der Waals surface area (Å²) < 4.78 is 1.85. The number of aryl methyl sites for hydroxylation is 3. The molecule has 3 aromatic rings. The molecule has 36 heavy (non-hydrogen) atoms. The van der Waals surface area contributed by atoms with E-state index < -0.39 is 0 Å². The summed E-state index contributed by atoms with van der Waals surface area (Å²) in [5.41, 5.74) is 4.78. The van der Waals surface area contributed by atoms with Crippen molar-refractivity contribution in [2.45, 2.75) is 26.3 Å². The third-order valence-corrected chi connectivity index (χ3v) is 7.96. The van der Waals surface area contributed by atoms with Crippen molar-refractivity contribution in [3.8, 4) is 0 Å². The predicted octanol–water partition coefficient (Wildman–Crippen LogP) is 4.21. The summed E-state index contributed by atoms with van der Waals surface area (Å²) in [7, 11) is 1.89. The van der Waals surface area contributed by atoms with Crippen LogP contribution in [0.1, 0.15) is 50.0 Å². The number of carbonyl (C=O) groups is 2. The van der Waals surface area contributed by atoms with Crippen LogP contribution in [0.15, 0.2) is 66.9 Å². The van der Waals surface area contributed by atoms with Crippen molar-refractivity contribution < 1.29 is 9.59 Å². The van der Waals surface area contributed by atoms with Gasteiger partial charge in [-0.2, -0.15) is 0 Å². The van der Waals surface area contributed by atoms with E-state index in [2.05, 4.69) is 27.2 Å². The molecule has 2 saturated heterocycles. The van der Waals surface area contributed by atoms with Crippen molar-refractivity contribution in [2.24, 2.45) is 18.9 Å². The second-order valence-electron chi connectivity index (χ2n) is 10.5. The van der Waals surface area contributed by atoms with Gasteiger partial charge >= 0.3 is 0 Å². The Labute approximate surface area is 213 Å². The fourth-order valence-corrected chi connectivity index (χ4v) is 6.00. The van der Waals surface area contributed by atoms with Crippen LogP contribution in [0.5, 0.6) is 0 Å². The Kier molecular flexibility index (Phi) is 6.97. The molecule has 3 atom stereocenters. The fraction of sp³-hybridized carbons (Fsp3) is 0.400. The molecular weight excluding hydrogens is 448 g/mol. The Bertz CT molecular complexity index is 1200. The molecule has 0 bridgehead atoms. The first-order valence-corrected chi connectivity index (χ1v) is 13.0. The molecule has 2 fully saturated rings. The number of benzene rings is 2. The number of nitrogens with zero attached hydrogens (tertiary/aromatic N) is 3. The summed E-state index contributed by atoms with van der Waals surface area (Å²) in [6.07, 6.45) is 2.74. The molecule has 2 aromatic carbocycles. The number of amides is 2. The quantitative estimate of drug-likeness (QED) is 0.547. The third-order valence-electron chi connectivity index (χ3n) is 7.96. The molecule has 2 aliphatic heterocycles. The Morgan fingerprint density at radius 1 is 0.889 bits per heavy atom. The van der Waals surface area contributed by atoms with E-state index in [1.807, 2.05) is 80.2 Å². The molecule has 5 rings (SSSR count). The van der Waals surface area contributed by atoms with Crippen LogP contribution >= 0.6 is 0 Å². The van der Waals surface area contributed by atoms with Crippen LogP contribution in [0.2, 0.25) is 0 Å². The lowest BCUT2D eigenvalue weighted by Crippen LogP contribution is -2.36. The van der Waals surface area contributed by atoms with Crippen molar-refractivity contribution in [1.82, 2.24) is 19.7 Å². The van der Waals surface area contributed by atoms with Crippen LogP contribution in [0.4, 0.5) is 0 Å². The molecule has 0 saturated carbocycles. The standard InChI is InChI=1S/C30H36N4O2/c1-21-9-7-10-22(2)28(21)30(36)34-19-24-17-33(18-25(24)20-34)16-14-26(23-11-5-4-6-12-23)31-29(35)27-13-8-15-32(27)3/h4-13,15,24-26H,14,16-20H2,1-3H3,(H,31,35)/t24?,25?,26-/m0/s1. The lowest BCUT2D eigenvalue weighted by molar-refractivity contribution is 0.0772. The first kappa shape index (κ1) is 24.3. The fourth-order valence-electron chi connectivity index (χ4n) is 6.00. The van der Waals surface area contributed by atoms with Crippen LogP contribution in [-0.4, -0.2) is 58.9 Å². The molecule has 3 heterocycles. The van der Waals surface area contributed by atoms with E-state index >= 15 is 0 Å². The largest absolute Gasteiger partial charge is 0.347 e. The van der Waals surface area contributed by atoms with Crippen molar-refractivity contribution in [1.29, 1.82) is 0 Å².